The minimum Gasteiger partial charge on any atom is -0.496 e. The molecule has 21 heavy (non-hydrogen) atoms. The van der Waals surface area contributed by atoms with Crippen LogP contribution >= 0.6 is 11.6 Å². The summed E-state index contributed by atoms with van der Waals surface area (Å²) < 4.78 is 5.47. The van der Waals surface area contributed by atoms with E-state index in [4.69, 9.17) is 16.3 Å². The van der Waals surface area contributed by atoms with Crippen LogP contribution in [0.3, 0.4) is 0 Å². The first kappa shape index (κ1) is 16.6. The number of hydrogen-bond donors (Lipinski definition) is 1. The van der Waals surface area contributed by atoms with E-state index < -0.39 is 0 Å². The average molecular weight is 311 g/mol. The van der Waals surface area contributed by atoms with Gasteiger partial charge in [-0.1, -0.05) is 31.5 Å². The van der Waals surface area contributed by atoms with Crippen molar-refractivity contribution in [2.45, 2.75) is 45.8 Å². The smallest absolute Gasteiger partial charge is 0.124 e. The number of nitrogens with zero attached hydrogens (tertiary/aromatic N) is 1. The fraction of sp³-hybridized carbons (Fsp3) is 0.647. The lowest BCUT2D eigenvalue weighted by molar-refractivity contribution is 0.123. The highest BCUT2D eigenvalue weighted by Gasteiger charge is 2.26. The largest absolute Gasteiger partial charge is 0.496 e. The highest BCUT2D eigenvalue weighted by molar-refractivity contribution is 6.31. The van der Waals surface area contributed by atoms with Gasteiger partial charge in [0, 0.05) is 42.3 Å². The summed E-state index contributed by atoms with van der Waals surface area (Å²) in [4.78, 5) is 2.51. The fourth-order valence-electron chi connectivity index (χ4n) is 3.03. The molecule has 0 amide bonds. The minimum absolute atomic E-state index is 0.509. The van der Waals surface area contributed by atoms with E-state index in [9.17, 15) is 0 Å². The SMILES string of the molecule is COc1cccc(Cl)c1CN1CC(CC(C)C)NCC1C. The summed E-state index contributed by atoms with van der Waals surface area (Å²) in [5.74, 6) is 1.60. The van der Waals surface area contributed by atoms with E-state index in [2.05, 4.69) is 31.0 Å². The third-order valence-corrected chi connectivity index (χ3v) is 4.55. The molecule has 1 N–H and O–H groups in total. The Morgan fingerprint density at radius 3 is 2.86 bits per heavy atom. The monoisotopic (exact) mass is 310 g/mol. The standard InChI is InChI=1S/C17H27ClN2O/c1-12(2)8-14-10-20(13(3)9-19-14)11-15-16(18)6-5-7-17(15)21-4/h5-7,12-14,19H,8-11H2,1-4H3. The second-order valence-corrected chi connectivity index (χ2v) is 6.84. The second kappa shape index (κ2) is 7.48. The van der Waals surface area contributed by atoms with Crippen LogP contribution in [-0.2, 0) is 6.54 Å². The molecule has 0 saturated carbocycles. The van der Waals surface area contributed by atoms with Gasteiger partial charge in [-0.25, -0.2) is 0 Å². The topological polar surface area (TPSA) is 24.5 Å². The minimum atomic E-state index is 0.509. The Hall–Kier alpha value is -0.770. The van der Waals surface area contributed by atoms with Gasteiger partial charge in [0.1, 0.15) is 5.75 Å². The van der Waals surface area contributed by atoms with E-state index in [1.54, 1.807) is 7.11 Å². The molecular weight excluding hydrogens is 284 g/mol. The number of nitrogens with one attached hydrogen (secondary N) is 1. The summed E-state index contributed by atoms with van der Waals surface area (Å²) in [6.07, 6.45) is 1.21. The molecule has 2 atom stereocenters. The van der Waals surface area contributed by atoms with Gasteiger partial charge in [0.2, 0.25) is 0 Å². The normalized spacial score (nSPS) is 23.5. The van der Waals surface area contributed by atoms with Gasteiger partial charge in [-0.05, 0) is 31.4 Å². The van der Waals surface area contributed by atoms with Crippen LogP contribution in [0.15, 0.2) is 18.2 Å². The molecule has 2 unspecified atom stereocenters. The number of hydrogen-bond acceptors (Lipinski definition) is 3. The van der Waals surface area contributed by atoms with Crippen LogP contribution < -0.4 is 10.1 Å². The molecule has 0 radical (unpaired) electrons. The molecule has 1 aliphatic rings. The second-order valence-electron chi connectivity index (χ2n) is 6.43. The van der Waals surface area contributed by atoms with Gasteiger partial charge in [0.05, 0.1) is 7.11 Å². The Morgan fingerprint density at radius 1 is 1.43 bits per heavy atom. The molecule has 0 aromatic heterocycles. The maximum Gasteiger partial charge on any atom is 0.124 e. The molecule has 1 fully saturated rings. The molecule has 1 aromatic rings. The molecule has 1 aliphatic heterocycles. The van der Waals surface area contributed by atoms with Gasteiger partial charge >= 0.3 is 0 Å². The van der Waals surface area contributed by atoms with Crippen LogP contribution in [0.1, 0.15) is 32.8 Å². The van der Waals surface area contributed by atoms with Gasteiger partial charge in [-0.2, -0.15) is 0 Å². The van der Waals surface area contributed by atoms with Crippen molar-refractivity contribution in [1.29, 1.82) is 0 Å². The van der Waals surface area contributed by atoms with Crippen molar-refractivity contribution in [2.75, 3.05) is 20.2 Å². The maximum absolute atomic E-state index is 6.37. The van der Waals surface area contributed by atoms with E-state index in [-0.39, 0.29) is 0 Å². The molecular formula is C17H27ClN2O. The van der Waals surface area contributed by atoms with Crippen LogP contribution in [0, 0.1) is 5.92 Å². The molecule has 1 heterocycles. The molecule has 0 aliphatic carbocycles. The van der Waals surface area contributed by atoms with Crippen molar-refractivity contribution < 1.29 is 4.74 Å². The van der Waals surface area contributed by atoms with Gasteiger partial charge < -0.3 is 10.1 Å². The van der Waals surface area contributed by atoms with E-state index in [1.165, 1.54) is 6.42 Å². The molecule has 0 bridgehead atoms. The predicted molar refractivity (Wildman–Crippen MR) is 89.1 cm³/mol. The molecule has 1 aromatic carbocycles. The van der Waals surface area contributed by atoms with Gasteiger partial charge in [0.15, 0.2) is 0 Å². The summed E-state index contributed by atoms with van der Waals surface area (Å²) in [6, 6.07) is 6.94. The first-order chi connectivity index (χ1) is 10.0. The summed E-state index contributed by atoms with van der Waals surface area (Å²) >= 11 is 6.37. The lowest BCUT2D eigenvalue weighted by Gasteiger charge is -2.39. The molecule has 1 saturated heterocycles. The van der Waals surface area contributed by atoms with Crippen molar-refractivity contribution in [3.63, 3.8) is 0 Å². The van der Waals surface area contributed by atoms with Crippen LogP contribution in [0.4, 0.5) is 0 Å². The third kappa shape index (κ3) is 4.35. The lowest BCUT2D eigenvalue weighted by atomic mass is 9.99. The number of methoxy groups -OCH3 is 1. The number of ether oxygens (including phenoxy) is 1. The first-order valence-electron chi connectivity index (χ1n) is 7.80. The summed E-state index contributed by atoms with van der Waals surface area (Å²) in [6.45, 7) is 9.77. The lowest BCUT2D eigenvalue weighted by Crippen LogP contribution is -2.55. The quantitative estimate of drug-likeness (QED) is 0.900. The highest BCUT2D eigenvalue weighted by atomic mass is 35.5. The third-order valence-electron chi connectivity index (χ3n) is 4.19. The number of halogens is 1. The van der Waals surface area contributed by atoms with Crippen LogP contribution in [0.2, 0.25) is 5.02 Å². The van der Waals surface area contributed by atoms with E-state index in [0.29, 0.717) is 18.0 Å². The zero-order valence-corrected chi connectivity index (χ0v) is 14.3. The van der Waals surface area contributed by atoms with Gasteiger partial charge in [-0.3, -0.25) is 4.90 Å². The molecule has 2 rings (SSSR count). The van der Waals surface area contributed by atoms with E-state index >= 15 is 0 Å². The van der Waals surface area contributed by atoms with Gasteiger partial charge in [-0.15, -0.1) is 0 Å². The highest BCUT2D eigenvalue weighted by Crippen LogP contribution is 2.29. The van der Waals surface area contributed by atoms with Crippen molar-refractivity contribution in [1.82, 2.24) is 10.2 Å². The van der Waals surface area contributed by atoms with E-state index in [1.807, 2.05) is 18.2 Å². The Kier molecular flexibility index (Phi) is 5.91. The molecule has 3 nitrogen and oxygen atoms in total. The molecule has 118 valence electrons. The maximum atomic E-state index is 6.37. The molecule has 0 spiro atoms. The fourth-order valence-corrected chi connectivity index (χ4v) is 3.25. The Bertz CT molecular complexity index is 464. The Morgan fingerprint density at radius 2 is 2.19 bits per heavy atom. The number of benzene rings is 1. The van der Waals surface area contributed by atoms with E-state index in [0.717, 1.165) is 36.0 Å². The predicted octanol–water partition coefficient (Wildman–Crippen LogP) is 3.56. The number of piperazine rings is 1. The average Bonchev–Trinajstić information content (AvgIpc) is 2.44. The van der Waals surface area contributed by atoms with Crippen LogP contribution in [-0.4, -0.2) is 37.2 Å². The zero-order valence-electron chi connectivity index (χ0n) is 13.5. The summed E-state index contributed by atoms with van der Waals surface area (Å²) in [7, 11) is 1.71. The summed E-state index contributed by atoms with van der Waals surface area (Å²) in [5.41, 5.74) is 1.10. The van der Waals surface area contributed by atoms with Crippen molar-refractivity contribution in [2.24, 2.45) is 5.92 Å². The summed E-state index contributed by atoms with van der Waals surface area (Å²) in [5, 5.41) is 4.45. The number of rotatable bonds is 5. The van der Waals surface area contributed by atoms with Crippen LogP contribution in [0.5, 0.6) is 5.75 Å². The zero-order chi connectivity index (χ0) is 15.4. The van der Waals surface area contributed by atoms with Gasteiger partial charge in [0.25, 0.3) is 0 Å². The Balaban J connectivity index is 2.10. The van der Waals surface area contributed by atoms with Crippen molar-refractivity contribution in [3.8, 4) is 5.75 Å². The first-order valence-corrected chi connectivity index (χ1v) is 8.17. The molecule has 4 heteroatoms. The van der Waals surface area contributed by atoms with Crippen molar-refractivity contribution in [3.05, 3.63) is 28.8 Å². The Labute approximate surface area is 133 Å². The van der Waals surface area contributed by atoms with Crippen molar-refractivity contribution >= 4 is 11.6 Å². The van der Waals surface area contributed by atoms with Crippen LogP contribution in [0.25, 0.3) is 0 Å².